The van der Waals surface area contributed by atoms with E-state index in [1.54, 1.807) is 29.2 Å². The van der Waals surface area contributed by atoms with Crippen molar-refractivity contribution in [2.24, 2.45) is 5.92 Å². The van der Waals surface area contributed by atoms with Crippen LogP contribution in [0.5, 0.6) is 11.5 Å². The van der Waals surface area contributed by atoms with Crippen LogP contribution in [0, 0.1) is 11.7 Å². The van der Waals surface area contributed by atoms with E-state index < -0.39 is 17.9 Å². The lowest BCUT2D eigenvalue weighted by Gasteiger charge is -2.36. The standard InChI is InChI=1S/C27H29FN4O4/c1-36-23-12-18-19-11-22-26(34)31(9-3-8-29-14-15-6-7-15)27(35)32(22)25(16-4-2-5-17(33)10-16)24(19)30-21(18)13-20(23)28/h2,4-5,10,12-13,15,22,25,29-30,33H,3,6-9,11,14H2,1H3/t22-,25?/m0/s1. The predicted molar refractivity (Wildman–Crippen MR) is 131 cm³/mol. The first kappa shape index (κ1) is 22.8. The van der Waals surface area contributed by atoms with Crippen LogP contribution in [0.15, 0.2) is 36.4 Å². The molecule has 0 spiro atoms. The molecule has 0 radical (unpaired) electrons. The van der Waals surface area contributed by atoms with Crippen LogP contribution in [0.2, 0.25) is 0 Å². The summed E-state index contributed by atoms with van der Waals surface area (Å²) in [6.07, 6.45) is 3.56. The normalized spacial score (nSPS) is 21.3. The fraction of sp³-hybridized carbons (Fsp3) is 0.407. The van der Waals surface area contributed by atoms with Crippen LogP contribution in [-0.2, 0) is 11.2 Å². The summed E-state index contributed by atoms with van der Waals surface area (Å²) < 4.78 is 19.7. The number of nitrogens with one attached hydrogen (secondary N) is 2. The number of phenols is 1. The number of carbonyl (C=O) groups is 2. The molecule has 3 amide bonds. The van der Waals surface area contributed by atoms with Gasteiger partial charge in [0.1, 0.15) is 17.8 Å². The van der Waals surface area contributed by atoms with Gasteiger partial charge < -0.3 is 20.1 Å². The highest BCUT2D eigenvalue weighted by Crippen LogP contribution is 2.45. The zero-order chi connectivity index (χ0) is 25.0. The molecule has 3 heterocycles. The van der Waals surface area contributed by atoms with E-state index in [0.717, 1.165) is 30.0 Å². The number of rotatable bonds is 8. The maximum absolute atomic E-state index is 14.5. The van der Waals surface area contributed by atoms with Gasteiger partial charge in [0.05, 0.1) is 7.11 Å². The highest BCUT2D eigenvalue weighted by molar-refractivity contribution is 6.05. The number of amides is 3. The van der Waals surface area contributed by atoms with Gasteiger partial charge in [-0.15, -0.1) is 0 Å². The van der Waals surface area contributed by atoms with Crippen molar-refractivity contribution >= 4 is 22.8 Å². The molecule has 1 saturated carbocycles. The lowest BCUT2D eigenvalue weighted by Crippen LogP contribution is -2.44. The minimum atomic E-state index is -0.674. The number of hydrogen-bond donors (Lipinski definition) is 3. The van der Waals surface area contributed by atoms with Crippen molar-refractivity contribution in [2.75, 3.05) is 26.7 Å². The van der Waals surface area contributed by atoms with E-state index >= 15 is 0 Å². The van der Waals surface area contributed by atoms with Gasteiger partial charge in [-0.3, -0.25) is 14.6 Å². The molecular formula is C27H29FN4O4. The zero-order valence-electron chi connectivity index (χ0n) is 20.1. The van der Waals surface area contributed by atoms with Gasteiger partial charge >= 0.3 is 6.03 Å². The minimum Gasteiger partial charge on any atom is -0.508 e. The number of imide groups is 1. The third-order valence-corrected chi connectivity index (χ3v) is 7.55. The largest absolute Gasteiger partial charge is 0.508 e. The summed E-state index contributed by atoms with van der Waals surface area (Å²) >= 11 is 0. The number of aromatic amines is 1. The van der Waals surface area contributed by atoms with E-state index in [-0.39, 0.29) is 23.4 Å². The Hall–Kier alpha value is -3.59. The summed E-state index contributed by atoms with van der Waals surface area (Å²) in [6.45, 7) is 2.09. The van der Waals surface area contributed by atoms with Crippen LogP contribution in [0.1, 0.15) is 42.1 Å². The van der Waals surface area contributed by atoms with Crippen molar-refractivity contribution in [3.8, 4) is 11.5 Å². The Morgan fingerprint density at radius 3 is 2.81 bits per heavy atom. The number of aromatic hydroxyl groups is 1. The number of ether oxygens (including phenoxy) is 1. The Balaban J connectivity index is 1.37. The third kappa shape index (κ3) is 3.78. The smallest absolute Gasteiger partial charge is 0.328 e. The van der Waals surface area contributed by atoms with Crippen LogP contribution in [0.25, 0.3) is 10.9 Å². The second-order valence-electron chi connectivity index (χ2n) is 9.95. The van der Waals surface area contributed by atoms with Crippen LogP contribution < -0.4 is 10.1 Å². The average Bonchev–Trinajstić information content (AvgIpc) is 3.58. The number of halogens is 1. The van der Waals surface area contributed by atoms with E-state index in [1.807, 2.05) is 6.07 Å². The molecule has 2 aliphatic heterocycles. The van der Waals surface area contributed by atoms with Crippen molar-refractivity contribution in [2.45, 2.75) is 37.8 Å². The van der Waals surface area contributed by atoms with E-state index in [2.05, 4.69) is 10.3 Å². The lowest BCUT2D eigenvalue weighted by atomic mass is 9.88. The van der Waals surface area contributed by atoms with Gasteiger partial charge in [0, 0.05) is 35.6 Å². The topological polar surface area (TPSA) is 97.9 Å². The number of H-pyrrole nitrogens is 1. The van der Waals surface area contributed by atoms with Crippen LogP contribution >= 0.6 is 0 Å². The fourth-order valence-electron chi connectivity index (χ4n) is 5.57. The highest BCUT2D eigenvalue weighted by atomic mass is 19.1. The maximum atomic E-state index is 14.5. The van der Waals surface area contributed by atoms with Gasteiger partial charge in [-0.25, -0.2) is 9.18 Å². The molecule has 2 fully saturated rings. The van der Waals surface area contributed by atoms with E-state index in [0.29, 0.717) is 36.2 Å². The highest BCUT2D eigenvalue weighted by Gasteiger charge is 2.52. The Bertz CT molecular complexity index is 1350. The molecule has 3 aliphatic rings. The molecule has 1 aromatic heterocycles. The van der Waals surface area contributed by atoms with Crippen LogP contribution in [0.4, 0.5) is 9.18 Å². The van der Waals surface area contributed by atoms with Crippen molar-refractivity contribution in [1.82, 2.24) is 20.1 Å². The molecule has 1 aliphatic carbocycles. The molecule has 8 nitrogen and oxygen atoms in total. The van der Waals surface area contributed by atoms with Crippen molar-refractivity contribution in [3.05, 3.63) is 59.0 Å². The number of carbonyl (C=O) groups excluding carboxylic acids is 2. The number of nitrogens with zero attached hydrogens (tertiary/aromatic N) is 2. The average molecular weight is 493 g/mol. The van der Waals surface area contributed by atoms with Crippen molar-refractivity contribution in [3.63, 3.8) is 0 Å². The van der Waals surface area contributed by atoms with Gasteiger partial charge in [-0.1, -0.05) is 12.1 Å². The molecule has 2 aromatic carbocycles. The molecule has 1 saturated heterocycles. The van der Waals surface area contributed by atoms with E-state index in [9.17, 15) is 19.1 Å². The molecule has 36 heavy (non-hydrogen) atoms. The first-order valence-corrected chi connectivity index (χ1v) is 12.5. The number of phenolic OH excluding ortho intramolecular Hbond substituents is 1. The molecule has 0 bridgehead atoms. The molecule has 1 unspecified atom stereocenters. The quantitative estimate of drug-likeness (QED) is 0.329. The minimum absolute atomic E-state index is 0.0663. The zero-order valence-corrected chi connectivity index (χ0v) is 20.1. The Morgan fingerprint density at radius 1 is 1.22 bits per heavy atom. The maximum Gasteiger partial charge on any atom is 0.328 e. The lowest BCUT2D eigenvalue weighted by molar-refractivity contribution is -0.128. The van der Waals surface area contributed by atoms with Crippen LogP contribution in [0.3, 0.4) is 0 Å². The SMILES string of the molecule is COc1cc2c3c([nH]c2cc1F)C(c1cccc(O)c1)N1C(=O)N(CCCNCC2CC2)C(=O)[C@@H]1C3. The molecule has 6 rings (SSSR count). The van der Waals surface area contributed by atoms with Gasteiger partial charge in [0.25, 0.3) is 5.91 Å². The number of methoxy groups -OCH3 is 1. The Labute approximate surface area is 208 Å². The predicted octanol–water partition coefficient (Wildman–Crippen LogP) is 3.69. The molecule has 3 aromatic rings. The van der Waals surface area contributed by atoms with E-state index in [1.165, 1.54) is 30.9 Å². The van der Waals surface area contributed by atoms with Crippen LogP contribution in [-0.4, -0.2) is 64.6 Å². The summed E-state index contributed by atoms with van der Waals surface area (Å²) in [7, 11) is 1.41. The van der Waals surface area contributed by atoms with E-state index in [4.69, 9.17) is 4.74 Å². The summed E-state index contributed by atoms with van der Waals surface area (Å²) in [5.74, 6) is 0.243. The molecule has 188 valence electrons. The van der Waals surface area contributed by atoms with Gasteiger partial charge in [0.15, 0.2) is 11.6 Å². The summed E-state index contributed by atoms with van der Waals surface area (Å²) in [6, 6.07) is 8.08. The summed E-state index contributed by atoms with van der Waals surface area (Å²) in [5.41, 5.74) is 2.82. The second-order valence-corrected chi connectivity index (χ2v) is 9.95. The Kier molecular flexibility index (Phi) is 5.59. The number of benzene rings is 2. The fourth-order valence-corrected chi connectivity index (χ4v) is 5.57. The Morgan fingerprint density at radius 2 is 2.06 bits per heavy atom. The van der Waals surface area contributed by atoms with Gasteiger partial charge in [-0.05, 0) is 67.6 Å². The molecule has 9 heteroatoms. The number of hydrogen-bond acceptors (Lipinski definition) is 5. The molecule has 2 atom stereocenters. The number of fused-ring (bicyclic) bond motifs is 4. The second kappa shape index (κ2) is 8.81. The summed E-state index contributed by atoms with van der Waals surface area (Å²) in [5, 5.41) is 14.4. The first-order valence-electron chi connectivity index (χ1n) is 12.5. The van der Waals surface area contributed by atoms with Crippen molar-refractivity contribution < 1.29 is 23.8 Å². The third-order valence-electron chi connectivity index (χ3n) is 7.55. The van der Waals surface area contributed by atoms with Crippen molar-refractivity contribution in [1.29, 1.82) is 0 Å². The summed E-state index contributed by atoms with van der Waals surface area (Å²) in [4.78, 5) is 33.4. The number of aromatic nitrogens is 1. The van der Waals surface area contributed by atoms with Gasteiger partial charge in [-0.2, -0.15) is 0 Å². The monoisotopic (exact) mass is 492 g/mol. The number of urea groups is 1. The molecular weight excluding hydrogens is 463 g/mol. The molecule has 3 N–H and O–H groups in total. The van der Waals surface area contributed by atoms with Gasteiger partial charge in [0.2, 0.25) is 0 Å². The first-order chi connectivity index (χ1) is 17.5.